The molecule has 0 saturated carbocycles. The van der Waals surface area contributed by atoms with Crippen LogP contribution in [0.25, 0.3) is 5.82 Å². The van der Waals surface area contributed by atoms with Gasteiger partial charge in [-0.3, -0.25) is 0 Å². The van der Waals surface area contributed by atoms with Gasteiger partial charge in [0.25, 0.3) is 0 Å². The van der Waals surface area contributed by atoms with E-state index in [4.69, 9.17) is 9.31 Å². The van der Waals surface area contributed by atoms with Crippen molar-refractivity contribution in [3.8, 4) is 5.82 Å². The largest absolute Gasteiger partial charge is 0.499 e. The Hall–Kier alpha value is -1.73. The van der Waals surface area contributed by atoms with Gasteiger partial charge in [0.1, 0.15) is 5.82 Å². The number of hydrogen-bond donors (Lipinski definition) is 0. The molecule has 2 aromatic rings. The standard InChI is InChI=1S/C14H17BFN3O2/c1-13(2)14(3,4)21-15(20-13)10-9-17-12(8-11(10)16)19-7-5-6-18-19/h5-9H,1-4H3. The second kappa shape index (κ2) is 4.64. The van der Waals surface area contributed by atoms with E-state index in [1.54, 1.807) is 18.5 Å². The van der Waals surface area contributed by atoms with E-state index in [1.165, 1.54) is 16.9 Å². The molecule has 1 saturated heterocycles. The molecule has 0 unspecified atom stereocenters. The van der Waals surface area contributed by atoms with Crippen LogP contribution in [0.1, 0.15) is 27.7 Å². The third-order valence-electron chi connectivity index (χ3n) is 4.11. The van der Waals surface area contributed by atoms with Crippen LogP contribution in [0.2, 0.25) is 0 Å². The zero-order valence-electron chi connectivity index (χ0n) is 12.5. The predicted molar refractivity (Wildman–Crippen MR) is 77.0 cm³/mol. The van der Waals surface area contributed by atoms with E-state index in [-0.39, 0.29) is 0 Å². The highest BCUT2D eigenvalue weighted by molar-refractivity contribution is 6.62. The predicted octanol–water partition coefficient (Wildman–Crippen LogP) is 1.71. The summed E-state index contributed by atoms with van der Waals surface area (Å²) in [4.78, 5) is 4.22. The Bertz CT molecular complexity index is 642. The second-order valence-corrected chi connectivity index (χ2v) is 6.10. The Morgan fingerprint density at radius 3 is 2.38 bits per heavy atom. The first-order valence-corrected chi connectivity index (χ1v) is 6.81. The minimum atomic E-state index is -0.755. The molecule has 0 aliphatic carbocycles. The maximum atomic E-state index is 14.4. The van der Waals surface area contributed by atoms with Crippen LogP contribution in [0.4, 0.5) is 4.39 Å². The zero-order valence-corrected chi connectivity index (χ0v) is 12.5. The molecule has 1 aliphatic rings. The van der Waals surface area contributed by atoms with Gasteiger partial charge in [0.05, 0.1) is 11.2 Å². The van der Waals surface area contributed by atoms with Crippen molar-refractivity contribution in [3.05, 3.63) is 36.5 Å². The topological polar surface area (TPSA) is 49.2 Å². The molecule has 0 atom stereocenters. The molecule has 1 fully saturated rings. The van der Waals surface area contributed by atoms with Crippen molar-refractivity contribution in [1.29, 1.82) is 0 Å². The number of rotatable bonds is 2. The van der Waals surface area contributed by atoms with Crippen molar-refractivity contribution in [2.45, 2.75) is 38.9 Å². The van der Waals surface area contributed by atoms with Gasteiger partial charge in [0, 0.05) is 30.1 Å². The third-order valence-corrected chi connectivity index (χ3v) is 4.11. The van der Waals surface area contributed by atoms with Crippen LogP contribution in [0, 0.1) is 5.82 Å². The van der Waals surface area contributed by atoms with Gasteiger partial charge in [-0.2, -0.15) is 5.10 Å². The maximum Gasteiger partial charge on any atom is 0.499 e. The lowest BCUT2D eigenvalue weighted by molar-refractivity contribution is 0.00578. The maximum absolute atomic E-state index is 14.4. The fraction of sp³-hybridized carbons (Fsp3) is 0.429. The summed E-state index contributed by atoms with van der Waals surface area (Å²) in [5, 5.41) is 4.03. The average Bonchev–Trinajstić information content (AvgIpc) is 2.96. The first-order chi connectivity index (χ1) is 9.80. The third kappa shape index (κ3) is 2.36. The lowest BCUT2D eigenvalue weighted by Gasteiger charge is -2.32. The van der Waals surface area contributed by atoms with Gasteiger partial charge in [0.2, 0.25) is 0 Å². The summed E-state index contributed by atoms with van der Waals surface area (Å²) in [7, 11) is -0.755. The minimum absolute atomic E-state index is 0.296. The smallest absolute Gasteiger partial charge is 0.399 e. The molecule has 110 valence electrons. The quantitative estimate of drug-likeness (QED) is 0.790. The van der Waals surface area contributed by atoms with Crippen LogP contribution >= 0.6 is 0 Å². The zero-order chi connectivity index (χ0) is 15.3. The molecular weight excluding hydrogens is 272 g/mol. The van der Waals surface area contributed by atoms with Gasteiger partial charge in [-0.25, -0.2) is 14.1 Å². The normalized spacial score (nSPS) is 20.0. The molecule has 0 radical (unpaired) electrons. The number of hydrogen-bond acceptors (Lipinski definition) is 4. The van der Waals surface area contributed by atoms with Crippen LogP contribution in [0.5, 0.6) is 0 Å². The number of aromatic nitrogens is 3. The highest BCUT2D eigenvalue weighted by Gasteiger charge is 2.52. The molecule has 0 N–H and O–H groups in total. The number of nitrogens with zero attached hydrogens (tertiary/aromatic N) is 3. The Labute approximate surface area is 123 Å². The van der Waals surface area contributed by atoms with Gasteiger partial charge >= 0.3 is 7.12 Å². The molecule has 3 rings (SSSR count). The van der Waals surface area contributed by atoms with E-state index < -0.39 is 24.1 Å². The fourth-order valence-corrected chi connectivity index (χ4v) is 2.10. The lowest BCUT2D eigenvalue weighted by atomic mass is 9.80. The van der Waals surface area contributed by atoms with Crippen molar-refractivity contribution in [3.63, 3.8) is 0 Å². The molecule has 5 nitrogen and oxygen atoms in total. The monoisotopic (exact) mass is 289 g/mol. The Morgan fingerprint density at radius 2 is 1.86 bits per heavy atom. The van der Waals surface area contributed by atoms with E-state index in [1.807, 2.05) is 27.7 Å². The van der Waals surface area contributed by atoms with Crippen molar-refractivity contribution < 1.29 is 13.7 Å². The summed E-state index contributed by atoms with van der Waals surface area (Å²) in [6.45, 7) is 7.71. The van der Waals surface area contributed by atoms with Gasteiger partial charge in [-0.15, -0.1) is 0 Å². The van der Waals surface area contributed by atoms with Crippen LogP contribution in [-0.2, 0) is 9.31 Å². The van der Waals surface area contributed by atoms with E-state index in [2.05, 4.69) is 10.1 Å². The van der Waals surface area contributed by atoms with E-state index in [9.17, 15) is 4.39 Å². The van der Waals surface area contributed by atoms with Gasteiger partial charge < -0.3 is 9.31 Å². The second-order valence-electron chi connectivity index (χ2n) is 6.10. The fourth-order valence-electron chi connectivity index (χ4n) is 2.10. The molecule has 0 spiro atoms. The van der Waals surface area contributed by atoms with Gasteiger partial charge in [-0.1, -0.05) is 0 Å². The minimum Gasteiger partial charge on any atom is -0.399 e. The SMILES string of the molecule is CC1(C)OB(c2cnc(-n3cccn3)cc2F)OC1(C)C. The Kier molecular flexibility index (Phi) is 3.14. The molecule has 7 heteroatoms. The first kappa shape index (κ1) is 14.2. The molecule has 2 aromatic heterocycles. The van der Waals surface area contributed by atoms with E-state index >= 15 is 0 Å². The van der Waals surface area contributed by atoms with Crippen LogP contribution in [0.3, 0.4) is 0 Å². The molecular formula is C14H17BFN3O2. The summed E-state index contributed by atoms with van der Waals surface area (Å²) in [5.41, 5.74) is -0.722. The lowest BCUT2D eigenvalue weighted by Crippen LogP contribution is -2.41. The summed E-state index contributed by atoms with van der Waals surface area (Å²) in [6.07, 6.45) is 4.76. The molecule has 3 heterocycles. The molecule has 1 aliphatic heterocycles. The van der Waals surface area contributed by atoms with Gasteiger partial charge in [0.15, 0.2) is 5.82 Å². The molecule has 21 heavy (non-hydrogen) atoms. The molecule has 0 bridgehead atoms. The van der Waals surface area contributed by atoms with E-state index in [0.717, 1.165) is 0 Å². The number of halogens is 1. The Morgan fingerprint density at radius 1 is 1.19 bits per heavy atom. The van der Waals surface area contributed by atoms with E-state index in [0.29, 0.717) is 11.3 Å². The first-order valence-electron chi connectivity index (χ1n) is 6.81. The summed E-state index contributed by atoms with van der Waals surface area (Å²) >= 11 is 0. The summed E-state index contributed by atoms with van der Waals surface area (Å²) in [5.74, 6) is -0.00762. The summed E-state index contributed by atoms with van der Waals surface area (Å²) < 4.78 is 27.5. The number of pyridine rings is 1. The van der Waals surface area contributed by atoms with Crippen molar-refractivity contribution in [2.24, 2.45) is 0 Å². The molecule has 0 aromatic carbocycles. The highest BCUT2D eigenvalue weighted by Crippen LogP contribution is 2.36. The van der Waals surface area contributed by atoms with Crippen LogP contribution < -0.4 is 5.46 Å². The highest BCUT2D eigenvalue weighted by atomic mass is 19.1. The molecule has 0 amide bonds. The van der Waals surface area contributed by atoms with Gasteiger partial charge in [-0.05, 0) is 33.8 Å². The van der Waals surface area contributed by atoms with Crippen molar-refractivity contribution >= 4 is 12.6 Å². The Balaban J connectivity index is 1.91. The summed E-state index contributed by atoms with van der Waals surface area (Å²) in [6, 6.07) is 3.08. The van der Waals surface area contributed by atoms with Crippen LogP contribution in [-0.4, -0.2) is 33.1 Å². The van der Waals surface area contributed by atoms with Crippen molar-refractivity contribution in [2.75, 3.05) is 0 Å². The average molecular weight is 289 g/mol. The van der Waals surface area contributed by atoms with Crippen molar-refractivity contribution in [1.82, 2.24) is 14.8 Å². The van der Waals surface area contributed by atoms with Crippen LogP contribution in [0.15, 0.2) is 30.7 Å².